The van der Waals surface area contributed by atoms with E-state index in [1.807, 2.05) is 0 Å². The molecule has 0 fully saturated rings. The highest BCUT2D eigenvalue weighted by molar-refractivity contribution is 5.70. The Morgan fingerprint density at radius 2 is 1.94 bits per heavy atom. The van der Waals surface area contributed by atoms with Crippen LogP contribution in [0.1, 0.15) is 38.4 Å². The molecule has 86 valence electrons. The topological polar surface area (TPSA) is 100 Å². The highest BCUT2D eigenvalue weighted by Gasteiger charge is 2.14. The van der Waals surface area contributed by atoms with Crippen molar-refractivity contribution in [1.82, 2.24) is 19.9 Å². The van der Waals surface area contributed by atoms with Crippen molar-refractivity contribution in [2.45, 2.75) is 32.6 Å². The van der Waals surface area contributed by atoms with E-state index >= 15 is 0 Å². The molecule has 2 aromatic rings. The number of nitrogens with two attached hydrogens (primary N) is 1. The third-order valence-corrected chi connectivity index (χ3v) is 2.77. The summed E-state index contributed by atoms with van der Waals surface area (Å²) in [5.74, 6) is 1.23. The molecule has 2 rings (SSSR count). The Morgan fingerprint density at radius 1 is 1.25 bits per heavy atom. The van der Waals surface area contributed by atoms with Crippen LogP contribution >= 0.6 is 0 Å². The Bertz CT molecular complexity index is 552. The van der Waals surface area contributed by atoms with Crippen LogP contribution in [0.3, 0.4) is 0 Å². The number of aromatic amines is 2. The molecule has 0 aliphatic rings. The monoisotopic (exact) mass is 221 g/mol. The number of hydrogen-bond donors (Lipinski definition) is 3. The van der Waals surface area contributed by atoms with Crippen LogP contribution in [0.4, 0.5) is 5.95 Å². The fourth-order valence-corrected chi connectivity index (χ4v) is 1.81. The summed E-state index contributed by atoms with van der Waals surface area (Å²) in [6.45, 7) is 4.18. The van der Waals surface area contributed by atoms with Gasteiger partial charge in [0.2, 0.25) is 5.95 Å². The SMILES string of the molecule is CCC(CC)c1nc2nc(N)[nH]c(=O)c2[nH]1. The van der Waals surface area contributed by atoms with Gasteiger partial charge in [0.15, 0.2) is 11.2 Å². The number of hydrogen-bond acceptors (Lipinski definition) is 4. The minimum absolute atomic E-state index is 0.0973. The Hall–Kier alpha value is -1.85. The van der Waals surface area contributed by atoms with Crippen LogP contribution in [0.5, 0.6) is 0 Å². The van der Waals surface area contributed by atoms with Crippen molar-refractivity contribution in [2.24, 2.45) is 0 Å². The van der Waals surface area contributed by atoms with Gasteiger partial charge < -0.3 is 10.7 Å². The smallest absolute Gasteiger partial charge is 0.278 e. The largest absolute Gasteiger partial charge is 0.369 e. The van der Waals surface area contributed by atoms with E-state index in [4.69, 9.17) is 5.73 Å². The summed E-state index contributed by atoms with van der Waals surface area (Å²) in [5.41, 5.74) is 5.97. The molecular formula is C10H15N5O. The lowest BCUT2D eigenvalue weighted by atomic mass is 10.0. The highest BCUT2D eigenvalue weighted by atomic mass is 16.1. The molecule has 0 saturated carbocycles. The maximum Gasteiger partial charge on any atom is 0.278 e. The average Bonchev–Trinajstić information content (AvgIpc) is 2.63. The maximum atomic E-state index is 11.6. The van der Waals surface area contributed by atoms with Gasteiger partial charge in [0.05, 0.1) is 0 Å². The zero-order chi connectivity index (χ0) is 11.7. The fourth-order valence-electron chi connectivity index (χ4n) is 1.81. The first-order valence-corrected chi connectivity index (χ1v) is 5.41. The maximum absolute atomic E-state index is 11.6. The predicted molar refractivity (Wildman–Crippen MR) is 62.2 cm³/mol. The lowest BCUT2D eigenvalue weighted by Crippen LogP contribution is -2.10. The summed E-state index contributed by atoms with van der Waals surface area (Å²) in [6.07, 6.45) is 1.95. The summed E-state index contributed by atoms with van der Waals surface area (Å²) in [6, 6.07) is 0. The molecule has 6 nitrogen and oxygen atoms in total. The molecule has 6 heteroatoms. The Morgan fingerprint density at radius 3 is 2.56 bits per heavy atom. The standard InChI is InChI=1S/C10H15N5O/c1-3-5(4-2)7-12-6-8(13-7)14-10(11)15-9(6)16/h5H,3-4H2,1-2H3,(H4,11,12,13,14,15,16). The van der Waals surface area contributed by atoms with Gasteiger partial charge in [-0.25, -0.2) is 4.98 Å². The van der Waals surface area contributed by atoms with Gasteiger partial charge in [-0.3, -0.25) is 9.78 Å². The first-order chi connectivity index (χ1) is 7.65. The van der Waals surface area contributed by atoms with Gasteiger partial charge in [-0.15, -0.1) is 0 Å². The third kappa shape index (κ3) is 1.66. The molecule has 0 atom stereocenters. The summed E-state index contributed by atoms with van der Waals surface area (Å²) in [7, 11) is 0. The third-order valence-electron chi connectivity index (χ3n) is 2.77. The molecular weight excluding hydrogens is 206 g/mol. The molecule has 0 unspecified atom stereocenters. The quantitative estimate of drug-likeness (QED) is 0.723. The number of fused-ring (bicyclic) bond motifs is 1. The van der Waals surface area contributed by atoms with Gasteiger partial charge in [0.1, 0.15) is 5.82 Å². The molecule has 0 aliphatic heterocycles. The molecule has 0 radical (unpaired) electrons. The first-order valence-electron chi connectivity index (χ1n) is 5.41. The molecule has 0 aliphatic carbocycles. The van der Waals surface area contributed by atoms with Gasteiger partial charge in [-0.1, -0.05) is 13.8 Å². The van der Waals surface area contributed by atoms with E-state index in [0.29, 0.717) is 17.1 Å². The molecule has 2 heterocycles. The minimum atomic E-state index is -0.271. The van der Waals surface area contributed by atoms with Crippen molar-refractivity contribution in [1.29, 1.82) is 0 Å². The molecule has 0 aromatic carbocycles. The Balaban J connectivity index is 2.59. The lowest BCUT2D eigenvalue weighted by Gasteiger charge is -2.06. The van der Waals surface area contributed by atoms with E-state index in [9.17, 15) is 4.79 Å². The van der Waals surface area contributed by atoms with E-state index in [1.165, 1.54) is 0 Å². The zero-order valence-electron chi connectivity index (χ0n) is 9.37. The van der Waals surface area contributed by atoms with Crippen LogP contribution in [0, 0.1) is 0 Å². The minimum Gasteiger partial charge on any atom is -0.369 e. The van der Waals surface area contributed by atoms with Crippen molar-refractivity contribution in [3.8, 4) is 0 Å². The van der Waals surface area contributed by atoms with E-state index in [-0.39, 0.29) is 11.5 Å². The number of nitrogens with zero attached hydrogens (tertiary/aromatic N) is 2. The number of imidazole rings is 1. The number of rotatable bonds is 3. The highest BCUT2D eigenvalue weighted by Crippen LogP contribution is 2.21. The molecule has 0 amide bonds. The van der Waals surface area contributed by atoms with Crippen LogP contribution in [0.25, 0.3) is 11.2 Å². The van der Waals surface area contributed by atoms with Crippen molar-refractivity contribution in [3.05, 3.63) is 16.2 Å². The Labute approximate surface area is 92.3 Å². The summed E-state index contributed by atoms with van der Waals surface area (Å²) >= 11 is 0. The van der Waals surface area contributed by atoms with E-state index < -0.39 is 0 Å². The summed E-state index contributed by atoms with van der Waals surface area (Å²) in [4.78, 5) is 25.3. The number of anilines is 1. The molecule has 4 N–H and O–H groups in total. The van der Waals surface area contributed by atoms with Gasteiger partial charge in [-0.05, 0) is 12.8 Å². The number of nitrogen functional groups attached to an aromatic ring is 1. The van der Waals surface area contributed by atoms with E-state index in [2.05, 4.69) is 33.8 Å². The first kappa shape index (κ1) is 10.7. The van der Waals surface area contributed by atoms with Gasteiger partial charge in [0, 0.05) is 5.92 Å². The summed E-state index contributed by atoms with van der Waals surface area (Å²) in [5, 5.41) is 0. The second-order valence-corrected chi connectivity index (χ2v) is 3.79. The van der Waals surface area contributed by atoms with Gasteiger partial charge >= 0.3 is 0 Å². The van der Waals surface area contributed by atoms with Crippen LogP contribution < -0.4 is 11.3 Å². The van der Waals surface area contributed by atoms with Crippen LogP contribution in [0.2, 0.25) is 0 Å². The summed E-state index contributed by atoms with van der Waals surface area (Å²) < 4.78 is 0. The van der Waals surface area contributed by atoms with Crippen LogP contribution in [0.15, 0.2) is 4.79 Å². The molecule has 0 bridgehead atoms. The van der Waals surface area contributed by atoms with Gasteiger partial charge in [-0.2, -0.15) is 4.98 Å². The van der Waals surface area contributed by atoms with E-state index in [0.717, 1.165) is 18.7 Å². The average molecular weight is 221 g/mol. The number of aromatic nitrogens is 4. The van der Waals surface area contributed by atoms with Crippen molar-refractivity contribution in [2.75, 3.05) is 5.73 Å². The van der Waals surface area contributed by atoms with Crippen LogP contribution in [-0.2, 0) is 0 Å². The molecule has 0 spiro atoms. The van der Waals surface area contributed by atoms with Crippen molar-refractivity contribution in [3.63, 3.8) is 0 Å². The number of H-pyrrole nitrogens is 2. The molecule has 0 saturated heterocycles. The normalized spacial score (nSPS) is 11.4. The lowest BCUT2D eigenvalue weighted by molar-refractivity contribution is 0.610. The zero-order valence-corrected chi connectivity index (χ0v) is 9.37. The second kappa shape index (κ2) is 3.96. The number of nitrogens with one attached hydrogen (secondary N) is 2. The van der Waals surface area contributed by atoms with Gasteiger partial charge in [0.25, 0.3) is 5.56 Å². The Kier molecular flexibility index (Phi) is 2.64. The molecule has 16 heavy (non-hydrogen) atoms. The predicted octanol–water partition coefficient (Wildman–Crippen LogP) is 1.13. The second-order valence-electron chi connectivity index (χ2n) is 3.79. The fraction of sp³-hybridized carbons (Fsp3) is 0.500. The van der Waals surface area contributed by atoms with Crippen molar-refractivity contribution >= 4 is 17.1 Å². The van der Waals surface area contributed by atoms with E-state index in [1.54, 1.807) is 0 Å². The molecule has 2 aromatic heterocycles. The van der Waals surface area contributed by atoms with Crippen molar-refractivity contribution < 1.29 is 0 Å². The van der Waals surface area contributed by atoms with Crippen LogP contribution in [-0.4, -0.2) is 19.9 Å².